The van der Waals surface area contributed by atoms with Gasteiger partial charge in [0, 0.05) is 26.3 Å². The van der Waals surface area contributed by atoms with E-state index in [-0.39, 0.29) is 20.1 Å². The summed E-state index contributed by atoms with van der Waals surface area (Å²) in [6.45, 7) is 9.02. The Morgan fingerprint density at radius 2 is 1.77 bits per heavy atom. The molecule has 3 heteroatoms. The van der Waals surface area contributed by atoms with Gasteiger partial charge in [-0.2, -0.15) is 0 Å². The maximum atomic E-state index is 6.99. The molecule has 0 atom stereocenters. The summed E-state index contributed by atoms with van der Waals surface area (Å²) in [5.74, 6) is 0. The number of benzene rings is 2. The third-order valence-corrected chi connectivity index (χ3v) is 3.32. The molecular formula is C19H13IrN2-. The summed E-state index contributed by atoms with van der Waals surface area (Å²) < 4.78 is 0. The molecule has 3 aromatic rings. The molecule has 0 unspecified atom stereocenters. The Bertz CT molecular complexity index is 800. The van der Waals surface area contributed by atoms with Crippen LogP contribution in [0.3, 0.4) is 0 Å². The summed E-state index contributed by atoms with van der Waals surface area (Å²) in [5, 5.41) is 0. The molecule has 0 aliphatic carbocycles. The predicted molar refractivity (Wildman–Crippen MR) is 84.9 cm³/mol. The van der Waals surface area contributed by atoms with E-state index in [9.17, 15) is 0 Å². The van der Waals surface area contributed by atoms with E-state index in [0.29, 0.717) is 5.69 Å². The largest absolute Gasteiger partial charge is 0.304 e. The van der Waals surface area contributed by atoms with Gasteiger partial charge in [0.15, 0.2) is 5.69 Å². The fourth-order valence-electron chi connectivity index (χ4n) is 2.15. The van der Waals surface area contributed by atoms with Crippen LogP contribution in [0.4, 0.5) is 5.69 Å². The predicted octanol–water partition coefficient (Wildman–Crippen LogP) is 5.07. The number of rotatable bonds is 2. The molecule has 1 heterocycles. The van der Waals surface area contributed by atoms with Gasteiger partial charge in [-0.15, -0.1) is 35.4 Å². The van der Waals surface area contributed by atoms with E-state index in [1.807, 2.05) is 61.7 Å². The van der Waals surface area contributed by atoms with Gasteiger partial charge in [-0.3, -0.25) is 0 Å². The fourth-order valence-corrected chi connectivity index (χ4v) is 2.15. The Hall–Kier alpha value is -2.27. The Morgan fingerprint density at radius 3 is 2.41 bits per heavy atom. The van der Waals surface area contributed by atoms with Gasteiger partial charge < -0.3 is 4.98 Å². The van der Waals surface area contributed by atoms with E-state index in [1.165, 1.54) is 0 Å². The van der Waals surface area contributed by atoms with Crippen molar-refractivity contribution in [3.63, 3.8) is 0 Å². The van der Waals surface area contributed by atoms with Gasteiger partial charge in [-0.1, -0.05) is 36.4 Å². The molecule has 0 spiro atoms. The van der Waals surface area contributed by atoms with Gasteiger partial charge in [0.2, 0.25) is 0 Å². The molecule has 22 heavy (non-hydrogen) atoms. The van der Waals surface area contributed by atoms with E-state index in [4.69, 9.17) is 6.57 Å². The fraction of sp³-hybridized carbons (Fsp3) is 0.0526. The molecule has 0 saturated carbocycles. The quantitative estimate of drug-likeness (QED) is 0.487. The van der Waals surface area contributed by atoms with Crippen LogP contribution < -0.4 is 0 Å². The van der Waals surface area contributed by atoms with Crippen LogP contribution in [0.5, 0.6) is 0 Å². The molecule has 0 amide bonds. The van der Waals surface area contributed by atoms with Crippen molar-refractivity contribution in [2.24, 2.45) is 0 Å². The number of hydrogen-bond acceptors (Lipinski definition) is 1. The molecule has 0 saturated heterocycles. The van der Waals surface area contributed by atoms with Crippen molar-refractivity contribution in [3.8, 4) is 22.4 Å². The van der Waals surface area contributed by atoms with Crippen molar-refractivity contribution in [1.29, 1.82) is 0 Å². The Balaban J connectivity index is 0.00000176. The third-order valence-electron chi connectivity index (χ3n) is 3.32. The molecule has 109 valence electrons. The first-order valence-electron chi connectivity index (χ1n) is 6.69. The van der Waals surface area contributed by atoms with Crippen molar-refractivity contribution in [2.75, 3.05) is 0 Å². The van der Waals surface area contributed by atoms with Crippen LogP contribution >= 0.6 is 0 Å². The average molecular weight is 462 g/mol. The van der Waals surface area contributed by atoms with E-state index in [2.05, 4.69) is 22.0 Å². The summed E-state index contributed by atoms with van der Waals surface area (Å²) in [7, 11) is 0. The topological polar surface area (TPSA) is 17.2 Å². The van der Waals surface area contributed by atoms with Crippen molar-refractivity contribution in [2.45, 2.75) is 6.92 Å². The van der Waals surface area contributed by atoms with Gasteiger partial charge in [-0.25, -0.2) is 4.85 Å². The molecule has 0 N–H and O–H groups in total. The van der Waals surface area contributed by atoms with Crippen molar-refractivity contribution in [3.05, 3.63) is 83.8 Å². The maximum Gasteiger partial charge on any atom is 0.187 e. The smallest absolute Gasteiger partial charge is 0.187 e. The van der Waals surface area contributed by atoms with E-state index >= 15 is 0 Å². The van der Waals surface area contributed by atoms with Crippen molar-refractivity contribution in [1.82, 2.24) is 4.98 Å². The number of pyridine rings is 1. The van der Waals surface area contributed by atoms with E-state index in [0.717, 1.165) is 27.9 Å². The molecule has 0 fully saturated rings. The molecule has 1 radical (unpaired) electrons. The first kappa shape index (κ1) is 16.1. The number of hydrogen-bond donors (Lipinski definition) is 0. The minimum atomic E-state index is 0. The van der Waals surface area contributed by atoms with Crippen LogP contribution in [-0.2, 0) is 20.1 Å². The van der Waals surface area contributed by atoms with Crippen LogP contribution in [0.25, 0.3) is 27.2 Å². The SMILES string of the molecule is [C-]#[N+]c1ccc(-c2cc[c-]c(-c3ccc(C)cn3)c2)cc1.[Ir]. The van der Waals surface area contributed by atoms with Crippen LogP contribution in [-0.4, -0.2) is 4.98 Å². The minimum Gasteiger partial charge on any atom is -0.304 e. The van der Waals surface area contributed by atoms with Crippen LogP contribution in [0.1, 0.15) is 5.56 Å². The summed E-state index contributed by atoms with van der Waals surface area (Å²) in [4.78, 5) is 7.85. The summed E-state index contributed by atoms with van der Waals surface area (Å²) in [5.41, 5.74) is 5.88. The molecule has 1 aromatic heterocycles. The average Bonchev–Trinajstić information content (AvgIpc) is 2.56. The van der Waals surface area contributed by atoms with Crippen LogP contribution in [0, 0.1) is 19.6 Å². The van der Waals surface area contributed by atoms with Gasteiger partial charge in [0.25, 0.3) is 0 Å². The minimum absolute atomic E-state index is 0. The number of aryl methyl sites for hydroxylation is 1. The second-order valence-corrected chi connectivity index (χ2v) is 4.87. The van der Waals surface area contributed by atoms with Crippen molar-refractivity contribution >= 4 is 5.69 Å². The third kappa shape index (κ3) is 3.49. The maximum absolute atomic E-state index is 6.99. The van der Waals surface area contributed by atoms with Crippen LogP contribution in [0.2, 0.25) is 0 Å². The summed E-state index contributed by atoms with van der Waals surface area (Å²) >= 11 is 0. The number of nitrogens with zero attached hydrogens (tertiary/aromatic N) is 2. The monoisotopic (exact) mass is 462 g/mol. The standard InChI is InChI=1S/C19H13N2.Ir/c1-14-6-11-19(21-13-14)17-5-3-4-16(12-17)15-7-9-18(20-2)10-8-15;/h3-4,6-13H,1H3;/q-1;. The van der Waals surface area contributed by atoms with Gasteiger partial charge in [0.1, 0.15) is 0 Å². The molecular weight excluding hydrogens is 448 g/mol. The molecule has 2 aromatic carbocycles. The molecule has 0 bridgehead atoms. The Labute approximate surface area is 144 Å². The van der Waals surface area contributed by atoms with Crippen molar-refractivity contribution < 1.29 is 20.1 Å². The first-order valence-corrected chi connectivity index (χ1v) is 6.69. The summed E-state index contributed by atoms with van der Waals surface area (Å²) in [6.07, 6.45) is 1.86. The second kappa shape index (κ2) is 7.13. The Morgan fingerprint density at radius 1 is 1.00 bits per heavy atom. The van der Waals surface area contributed by atoms with Gasteiger partial charge in [-0.05, 0) is 23.7 Å². The Kier molecular flexibility index (Phi) is 5.22. The second-order valence-electron chi connectivity index (χ2n) is 4.87. The molecule has 2 nitrogen and oxygen atoms in total. The van der Waals surface area contributed by atoms with Gasteiger partial charge >= 0.3 is 0 Å². The zero-order chi connectivity index (χ0) is 14.7. The van der Waals surface area contributed by atoms with Gasteiger partial charge in [0.05, 0.1) is 6.57 Å². The zero-order valence-electron chi connectivity index (χ0n) is 12.0. The molecule has 3 rings (SSSR count). The molecule has 0 aliphatic rings. The van der Waals surface area contributed by atoms with Crippen LogP contribution in [0.15, 0.2) is 60.8 Å². The zero-order valence-corrected chi connectivity index (χ0v) is 14.4. The molecule has 0 aliphatic heterocycles. The number of aromatic nitrogens is 1. The normalized spacial score (nSPS) is 9.64. The van der Waals surface area contributed by atoms with E-state index < -0.39 is 0 Å². The first-order chi connectivity index (χ1) is 10.3. The summed E-state index contributed by atoms with van der Waals surface area (Å²) in [6, 6.07) is 20.9. The van der Waals surface area contributed by atoms with E-state index in [1.54, 1.807) is 0 Å².